The summed E-state index contributed by atoms with van der Waals surface area (Å²) in [6.45, 7) is 5.89. The first-order valence-electron chi connectivity index (χ1n) is 6.72. The number of ether oxygens (including phenoxy) is 1. The second kappa shape index (κ2) is 8.04. The molecule has 0 heterocycles. The van der Waals surface area contributed by atoms with Gasteiger partial charge in [-0.15, -0.1) is 0 Å². The molecule has 110 valence electrons. The summed E-state index contributed by atoms with van der Waals surface area (Å²) in [7, 11) is 0. The Morgan fingerprint density at radius 1 is 1.35 bits per heavy atom. The third kappa shape index (κ3) is 5.74. The lowest BCUT2D eigenvalue weighted by Crippen LogP contribution is -2.12. The van der Waals surface area contributed by atoms with Crippen molar-refractivity contribution in [2.45, 2.75) is 40.0 Å². The van der Waals surface area contributed by atoms with Crippen LogP contribution in [0.15, 0.2) is 22.7 Å². The third-order valence-corrected chi connectivity index (χ3v) is 3.33. The third-order valence-electron chi connectivity index (χ3n) is 2.68. The molecule has 1 amide bonds. The predicted molar refractivity (Wildman–Crippen MR) is 82.8 cm³/mol. The number of amides is 1. The summed E-state index contributed by atoms with van der Waals surface area (Å²) < 4.78 is 5.86. The molecule has 1 aromatic rings. The van der Waals surface area contributed by atoms with E-state index in [1.165, 1.54) is 0 Å². The number of halogens is 1. The van der Waals surface area contributed by atoms with E-state index >= 15 is 0 Å². The van der Waals surface area contributed by atoms with Crippen molar-refractivity contribution >= 4 is 33.5 Å². The van der Waals surface area contributed by atoms with Gasteiger partial charge in [0.05, 0.1) is 4.47 Å². The number of hydrogen-bond acceptors (Lipinski definition) is 3. The molecule has 0 atom stereocenters. The minimum absolute atomic E-state index is 0.0335. The van der Waals surface area contributed by atoms with Crippen molar-refractivity contribution in [3.05, 3.63) is 22.7 Å². The molecule has 0 fully saturated rings. The van der Waals surface area contributed by atoms with E-state index in [9.17, 15) is 9.59 Å². The van der Waals surface area contributed by atoms with Crippen molar-refractivity contribution in [2.75, 3.05) is 5.32 Å². The van der Waals surface area contributed by atoms with Crippen molar-refractivity contribution in [1.82, 2.24) is 0 Å². The summed E-state index contributed by atoms with van der Waals surface area (Å²) in [5.41, 5.74) is 0.626. The van der Waals surface area contributed by atoms with Gasteiger partial charge in [0.2, 0.25) is 5.91 Å². The van der Waals surface area contributed by atoms with Crippen LogP contribution in [0.4, 0.5) is 5.69 Å². The molecule has 1 N–H and O–H groups in total. The van der Waals surface area contributed by atoms with Crippen LogP contribution in [0.25, 0.3) is 0 Å². The highest BCUT2D eigenvalue weighted by molar-refractivity contribution is 9.10. The largest absolute Gasteiger partial charge is 0.425 e. The lowest BCUT2D eigenvalue weighted by Gasteiger charge is -2.10. The quantitative estimate of drug-likeness (QED) is 0.624. The Hall–Kier alpha value is -1.36. The summed E-state index contributed by atoms with van der Waals surface area (Å²) >= 11 is 3.31. The number of rotatable bonds is 6. The molecule has 0 unspecified atom stereocenters. The van der Waals surface area contributed by atoms with E-state index in [1.807, 2.05) is 0 Å². The average Bonchev–Trinajstić information content (AvgIpc) is 2.40. The van der Waals surface area contributed by atoms with Gasteiger partial charge in [-0.1, -0.05) is 20.8 Å². The first kappa shape index (κ1) is 16.7. The van der Waals surface area contributed by atoms with Gasteiger partial charge < -0.3 is 10.1 Å². The molecule has 0 aliphatic heterocycles. The highest BCUT2D eigenvalue weighted by atomic mass is 79.9. The van der Waals surface area contributed by atoms with Gasteiger partial charge in [-0.3, -0.25) is 9.59 Å². The van der Waals surface area contributed by atoms with Crippen LogP contribution in [-0.2, 0) is 9.59 Å². The molecule has 0 aliphatic rings. The summed E-state index contributed by atoms with van der Waals surface area (Å²) in [4.78, 5) is 23.1. The van der Waals surface area contributed by atoms with Gasteiger partial charge in [0.15, 0.2) is 0 Å². The molecule has 1 aromatic carbocycles. The highest BCUT2D eigenvalue weighted by Gasteiger charge is 2.09. The maximum absolute atomic E-state index is 11.8. The van der Waals surface area contributed by atoms with Gasteiger partial charge in [-0.2, -0.15) is 0 Å². The van der Waals surface area contributed by atoms with Crippen LogP contribution in [0.2, 0.25) is 0 Å². The average molecular weight is 342 g/mol. The molecule has 0 radical (unpaired) electrons. The Kier molecular flexibility index (Phi) is 6.71. The van der Waals surface area contributed by atoms with E-state index in [0.717, 1.165) is 6.42 Å². The van der Waals surface area contributed by atoms with Gasteiger partial charge in [-0.05, 0) is 40.4 Å². The molecule has 0 saturated heterocycles. The normalized spacial score (nSPS) is 10.4. The highest BCUT2D eigenvalue weighted by Crippen LogP contribution is 2.28. The van der Waals surface area contributed by atoms with E-state index in [-0.39, 0.29) is 11.9 Å². The van der Waals surface area contributed by atoms with Crippen LogP contribution < -0.4 is 10.1 Å². The molecule has 0 saturated carbocycles. The van der Waals surface area contributed by atoms with Crippen molar-refractivity contribution in [3.63, 3.8) is 0 Å². The minimum Gasteiger partial charge on any atom is -0.425 e. The second-order valence-corrected chi connectivity index (χ2v) is 5.81. The fourth-order valence-corrected chi connectivity index (χ4v) is 1.82. The number of carbonyl (C=O) groups is 2. The first-order chi connectivity index (χ1) is 9.42. The van der Waals surface area contributed by atoms with E-state index in [2.05, 4.69) is 35.1 Å². The van der Waals surface area contributed by atoms with Crippen molar-refractivity contribution in [2.24, 2.45) is 5.92 Å². The molecule has 0 bridgehead atoms. The van der Waals surface area contributed by atoms with Crippen LogP contribution in [-0.4, -0.2) is 11.9 Å². The molecular weight excluding hydrogens is 322 g/mol. The molecule has 0 spiro atoms. The first-order valence-corrected chi connectivity index (χ1v) is 7.51. The van der Waals surface area contributed by atoms with Crippen molar-refractivity contribution in [3.8, 4) is 5.75 Å². The van der Waals surface area contributed by atoms with Crippen molar-refractivity contribution in [1.29, 1.82) is 0 Å². The molecule has 1 rings (SSSR count). The zero-order valence-corrected chi connectivity index (χ0v) is 13.6. The summed E-state index contributed by atoms with van der Waals surface area (Å²) in [5, 5.41) is 2.81. The summed E-state index contributed by atoms with van der Waals surface area (Å²) in [5.74, 6) is 0.563. The Bertz CT molecular complexity index is 486. The van der Waals surface area contributed by atoms with E-state index in [0.29, 0.717) is 34.7 Å². The molecule has 4 nitrogen and oxygen atoms in total. The maximum atomic E-state index is 11.8. The monoisotopic (exact) mass is 341 g/mol. The Morgan fingerprint density at radius 3 is 2.65 bits per heavy atom. The topological polar surface area (TPSA) is 55.4 Å². The van der Waals surface area contributed by atoms with Gasteiger partial charge in [0.1, 0.15) is 5.75 Å². The predicted octanol–water partition coefficient (Wildman–Crippen LogP) is 4.14. The van der Waals surface area contributed by atoms with Gasteiger partial charge in [0, 0.05) is 24.6 Å². The van der Waals surface area contributed by atoms with Gasteiger partial charge in [0.25, 0.3) is 0 Å². The maximum Gasteiger partial charge on any atom is 0.310 e. The molecular formula is C15H20BrNO3. The zero-order chi connectivity index (χ0) is 15.1. The van der Waals surface area contributed by atoms with E-state index < -0.39 is 0 Å². The van der Waals surface area contributed by atoms with Crippen LogP contribution in [0.5, 0.6) is 5.75 Å². The SMILES string of the molecule is CCC(=O)Oc1cc(NC(=O)CCC(C)C)ccc1Br. The molecule has 0 aliphatic carbocycles. The lowest BCUT2D eigenvalue weighted by atomic mass is 10.1. The van der Waals surface area contributed by atoms with Crippen LogP contribution in [0.3, 0.4) is 0 Å². The molecule has 5 heteroatoms. The number of carbonyl (C=O) groups excluding carboxylic acids is 2. The van der Waals surface area contributed by atoms with Crippen LogP contribution >= 0.6 is 15.9 Å². The second-order valence-electron chi connectivity index (χ2n) is 4.95. The van der Waals surface area contributed by atoms with E-state index in [4.69, 9.17) is 4.74 Å². The number of benzene rings is 1. The van der Waals surface area contributed by atoms with Crippen LogP contribution in [0.1, 0.15) is 40.0 Å². The summed E-state index contributed by atoms with van der Waals surface area (Å²) in [6, 6.07) is 5.15. The van der Waals surface area contributed by atoms with E-state index in [1.54, 1.807) is 25.1 Å². The fourth-order valence-electron chi connectivity index (χ4n) is 1.50. The minimum atomic E-state index is -0.311. The number of hydrogen-bond donors (Lipinski definition) is 1. The Balaban J connectivity index is 2.69. The summed E-state index contributed by atoms with van der Waals surface area (Å²) in [6.07, 6.45) is 1.63. The fraction of sp³-hybridized carbons (Fsp3) is 0.467. The molecule has 0 aromatic heterocycles. The lowest BCUT2D eigenvalue weighted by molar-refractivity contribution is -0.134. The Morgan fingerprint density at radius 2 is 2.05 bits per heavy atom. The van der Waals surface area contributed by atoms with Crippen LogP contribution in [0, 0.1) is 5.92 Å². The number of nitrogens with one attached hydrogen (secondary N) is 1. The zero-order valence-electron chi connectivity index (χ0n) is 12.0. The standard InChI is InChI=1S/C15H20BrNO3/c1-4-15(19)20-13-9-11(6-7-12(13)16)17-14(18)8-5-10(2)3/h6-7,9-10H,4-5,8H2,1-3H3,(H,17,18). The number of anilines is 1. The van der Waals surface area contributed by atoms with Crippen molar-refractivity contribution < 1.29 is 14.3 Å². The molecule has 20 heavy (non-hydrogen) atoms. The smallest absolute Gasteiger partial charge is 0.310 e. The van der Waals surface area contributed by atoms with Gasteiger partial charge in [-0.25, -0.2) is 0 Å². The Labute approximate surface area is 128 Å². The van der Waals surface area contributed by atoms with Gasteiger partial charge >= 0.3 is 5.97 Å². The number of esters is 1.